The summed E-state index contributed by atoms with van der Waals surface area (Å²) in [6.07, 6.45) is -2.26. The summed E-state index contributed by atoms with van der Waals surface area (Å²) in [5, 5.41) is 17.3. The van der Waals surface area contributed by atoms with E-state index in [0.29, 0.717) is 0 Å². The molecule has 136 valence electrons. The van der Waals surface area contributed by atoms with Gasteiger partial charge in [-0.3, -0.25) is 13.6 Å². The van der Waals surface area contributed by atoms with Gasteiger partial charge in [0.1, 0.15) is 6.10 Å². The van der Waals surface area contributed by atoms with Crippen LogP contribution in [0.5, 0.6) is 0 Å². The molecule has 1 saturated heterocycles. The van der Waals surface area contributed by atoms with Crippen LogP contribution in [0, 0.1) is 0 Å². The molecule has 0 saturated carbocycles. The number of carbonyl (C=O) groups is 1. The first-order valence-electron chi connectivity index (χ1n) is 6.23. The zero-order valence-electron chi connectivity index (χ0n) is 11.7. The Morgan fingerprint density at radius 2 is 2.21 bits per heavy atom. The highest BCUT2D eigenvalue weighted by Gasteiger charge is 2.38. The van der Waals surface area contributed by atoms with Crippen molar-refractivity contribution in [3.8, 4) is 0 Å². The summed E-state index contributed by atoms with van der Waals surface area (Å²) in [6.45, 7) is -0.755. The highest BCUT2D eigenvalue weighted by Crippen LogP contribution is 2.54. The van der Waals surface area contributed by atoms with Gasteiger partial charge in [0.05, 0.1) is 26.7 Å². The van der Waals surface area contributed by atoms with E-state index in [0.717, 1.165) is 11.0 Å². The van der Waals surface area contributed by atoms with Crippen LogP contribution < -0.4 is 15.5 Å². The average molecular weight is 386 g/mol. The van der Waals surface area contributed by atoms with Crippen molar-refractivity contribution in [3.05, 3.63) is 11.9 Å². The Bertz CT molecular complexity index is 703. The van der Waals surface area contributed by atoms with Crippen molar-refractivity contribution in [2.24, 2.45) is 5.73 Å². The first-order valence-corrected chi connectivity index (χ1v) is 9.18. The molecule has 1 aromatic heterocycles. The molecule has 0 spiro atoms. The molecule has 1 aliphatic rings. The lowest BCUT2D eigenvalue weighted by atomic mass is 10.2. The normalized spacial score (nSPS) is 27.1. The fourth-order valence-corrected chi connectivity index (χ4v) is 3.39. The number of aromatic nitrogens is 3. The van der Waals surface area contributed by atoms with Gasteiger partial charge < -0.3 is 34.8 Å². The van der Waals surface area contributed by atoms with E-state index in [1.807, 2.05) is 0 Å². The van der Waals surface area contributed by atoms with E-state index in [4.69, 9.17) is 15.4 Å². The number of rotatable bonds is 7. The standard InChI is InChI=1S/C8H14N4O10P2/c9-8(14)4-2-10-12(11-4)7-1-5(13)6(21-7)3-20-24(18,19)22-23(15,16)17/h2,5-7,13H,1,3H2,(H2,9,14)(H,18,19)(H2,15,16,17)/p-2/t5-,6+,7+/m0/s1. The second kappa shape index (κ2) is 6.96. The minimum Gasteiger partial charge on any atom is -0.789 e. The maximum atomic E-state index is 11.2. The number of hydrogen-bond acceptors (Lipinski definition) is 11. The summed E-state index contributed by atoms with van der Waals surface area (Å²) < 4.78 is 34.5. The Hall–Kier alpha value is -1.21. The quantitative estimate of drug-likeness (QED) is 0.398. The molecule has 1 fully saturated rings. The number of carbonyl (C=O) groups excluding carboxylic acids is 1. The van der Waals surface area contributed by atoms with Crippen LogP contribution in [-0.2, 0) is 22.7 Å². The number of phosphoric ester groups is 1. The lowest BCUT2D eigenvalue weighted by Gasteiger charge is -2.30. The van der Waals surface area contributed by atoms with E-state index in [9.17, 15) is 28.8 Å². The smallest absolute Gasteiger partial charge is 0.476 e. The number of hydrogen-bond donors (Lipinski definition) is 3. The van der Waals surface area contributed by atoms with Gasteiger partial charge in [-0.1, -0.05) is 0 Å². The summed E-state index contributed by atoms with van der Waals surface area (Å²) in [4.78, 5) is 41.6. The lowest BCUT2D eigenvalue weighted by molar-refractivity contribution is -0.334. The molecule has 2 heterocycles. The van der Waals surface area contributed by atoms with E-state index >= 15 is 0 Å². The highest BCUT2D eigenvalue weighted by atomic mass is 31.3. The molecule has 0 radical (unpaired) electrons. The Morgan fingerprint density at radius 3 is 2.75 bits per heavy atom. The largest absolute Gasteiger partial charge is 0.789 e. The van der Waals surface area contributed by atoms with Crippen LogP contribution in [0.1, 0.15) is 23.1 Å². The Morgan fingerprint density at radius 1 is 1.54 bits per heavy atom. The predicted octanol–water partition coefficient (Wildman–Crippen LogP) is -3.01. The molecule has 14 nitrogen and oxygen atoms in total. The van der Waals surface area contributed by atoms with E-state index < -0.39 is 46.6 Å². The maximum absolute atomic E-state index is 11.2. The Kier molecular flexibility index (Phi) is 5.54. The summed E-state index contributed by atoms with van der Waals surface area (Å²) >= 11 is 0. The summed E-state index contributed by atoms with van der Waals surface area (Å²) in [7, 11) is -10.9. The average Bonchev–Trinajstić information content (AvgIpc) is 3.00. The second-order valence-corrected chi connectivity index (χ2v) is 7.38. The summed E-state index contributed by atoms with van der Waals surface area (Å²) in [5.41, 5.74) is 4.88. The van der Waals surface area contributed by atoms with Crippen LogP contribution in [-0.4, -0.2) is 49.7 Å². The van der Waals surface area contributed by atoms with Gasteiger partial charge >= 0.3 is 7.82 Å². The third kappa shape index (κ3) is 5.14. The molecule has 0 bridgehead atoms. The van der Waals surface area contributed by atoms with Gasteiger partial charge in [-0.2, -0.15) is 9.90 Å². The van der Waals surface area contributed by atoms with Crippen LogP contribution in [0.4, 0.5) is 0 Å². The van der Waals surface area contributed by atoms with Crippen molar-refractivity contribution in [3.63, 3.8) is 0 Å². The molecule has 1 unspecified atom stereocenters. The van der Waals surface area contributed by atoms with E-state index in [1.54, 1.807) is 0 Å². The van der Waals surface area contributed by atoms with Crippen molar-refractivity contribution in [1.29, 1.82) is 0 Å². The first kappa shape index (κ1) is 19.1. The van der Waals surface area contributed by atoms with E-state index in [2.05, 4.69) is 19.0 Å². The second-order valence-electron chi connectivity index (χ2n) is 4.64. The molecular weight excluding hydrogens is 374 g/mol. The molecule has 24 heavy (non-hydrogen) atoms. The lowest BCUT2D eigenvalue weighted by Crippen LogP contribution is -2.26. The molecule has 4 N–H and O–H groups in total. The number of aliphatic hydroxyl groups is 1. The minimum atomic E-state index is -5.74. The van der Waals surface area contributed by atoms with Crippen LogP contribution in [0.3, 0.4) is 0 Å². The number of nitrogens with two attached hydrogens (primary N) is 1. The number of nitrogens with zero attached hydrogens (tertiary/aromatic N) is 3. The molecule has 1 aliphatic heterocycles. The topological polar surface area (TPSA) is 222 Å². The van der Waals surface area contributed by atoms with Gasteiger partial charge in [0.2, 0.25) is 0 Å². The van der Waals surface area contributed by atoms with Gasteiger partial charge in [-0.25, -0.2) is 4.57 Å². The number of primary amides is 1. The SMILES string of the molecule is NC(=O)c1cnn([C@H]2C[C@H](O)[C@@H](COP(=O)(O)OP(=O)([O-])[O-])O2)n1. The van der Waals surface area contributed by atoms with Gasteiger partial charge in [0.15, 0.2) is 11.9 Å². The zero-order valence-corrected chi connectivity index (χ0v) is 13.5. The molecule has 1 amide bonds. The molecule has 1 aromatic rings. The Balaban J connectivity index is 1.95. The molecular formula is C8H12N4O10P2-2. The van der Waals surface area contributed by atoms with Gasteiger partial charge in [-0.15, -0.1) is 5.10 Å². The van der Waals surface area contributed by atoms with Crippen molar-refractivity contribution in [2.45, 2.75) is 24.9 Å². The predicted molar refractivity (Wildman–Crippen MR) is 67.5 cm³/mol. The number of amides is 1. The van der Waals surface area contributed by atoms with Crippen LogP contribution in [0.25, 0.3) is 0 Å². The van der Waals surface area contributed by atoms with Crippen molar-refractivity contribution in [1.82, 2.24) is 15.0 Å². The fourth-order valence-electron chi connectivity index (χ4n) is 1.85. The number of ether oxygens (including phenoxy) is 1. The van der Waals surface area contributed by atoms with Crippen molar-refractivity contribution in [2.75, 3.05) is 6.61 Å². The van der Waals surface area contributed by atoms with Crippen molar-refractivity contribution >= 4 is 21.6 Å². The van der Waals surface area contributed by atoms with E-state index in [-0.39, 0.29) is 12.1 Å². The molecule has 4 atom stereocenters. The molecule has 0 aliphatic carbocycles. The first-order chi connectivity index (χ1) is 11.0. The summed E-state index contributed by atoms with van der Waals surface area (Å²) in [5.74, 6) is -0.822. The van der Waals surface area contributed by atoms with Crippen LogP contribution >= 0.6 is 15.6 Å². The molecule has 0 aromatic carbocycles. The van der Waals surface area contributed by atoms with Crippen molar-refractivity contribution < 1.29 is 47.3 Å². The fraction of sp³-hybridized carbons (Fsp3) is 0.625. The van der Waals surface area contributed by atoms with Gasteiger partial charge in [0, 0.05) is 6.42 Å². The van der Waals surface area contributed by atoms with Crippen LogP contribution in [0.15, 0.2) is 6.20 Å². The third-order valence-electron chi connectivity index (χ3n) is 2.83. The number of aliphatic hydroxyl groups excluding tert-OH is 1. The summed E-state index contributed by atoms with van der Waals surface area (Å²) in [6, 6.07) is 0. The van der Waals surface area contributed by atoms with Gasteiger partial charge in [-0.05, 0) is 0 Å². The highest BCUT2D eigenvalue weighted by molar-refractivity contribution is 7.59. The van der Waals surface area contributed by atoms with Crippen LogP contribution in [0.2, 0.25) is 0 Å². The molecule has 2 rings (SSSR count). The monoisotopic (exact) mass is 386 g/mol. The maximum Gasteiger partial charge on any atom is 0.476 e. The number of phosphoric acid groups is 2. The Labute approximate surface area is 134 Å². The minimum absolute atomic E-state index is 0.0564. The zero-order chi connectivity index (χ0) is 18.1. The molecule has 16 heteroatoms. The third-order valence-corrected chi connectivity index (χ3v) is 4.93. The van der Waals surface area contributed by atoms with Gasteiger partial charge in [0.25, 0.3) is 5.91 Å². The van der Waals surface area contributed by atoms with E-state index in [1.165, 1.54) is 0 Å².